The molecule has 7 heteroatoms. The lowest BCUT2D eigenvalue weighted by atomic mass is 9.96. The topological polar surface area (TPSA) is 66.4 Å². The third-order valence-corrected chi connectivity index (χ3v) is 4.78. The number of halogens is 2. The van der Waals surface area contributed by atoms with E-state index in [2.05, 4.69) is 4.72 Å². The van der Waals surface area contributed by atoms with E-state index in [0.29, 0.717) is 18.9 Å². The molecule has 0 radical (unpaired) electrons. The van der Waals surface area contributed by atoms with E-state index in [1.54, 1.807) is 13.8 Å². The van der Waals surface area contributed by atoms with E-state index >= 15 is 0 Å². The summed E-state index contributed by atoms with van der Waals surface area (Å²) in [5.74, 6) is -1.88. The largest absolute Gasteiger partial charge is 0.394 e. The summed E-state index contributed by atoms with van der Waals surface area (Å²) in [6, 6.07) is 2.21. The third-order valence-electron chi connectivity index (χ3n) is 3.19. The number of aliphatic hydroxyl groups excluding tert-OH is 1. The summed E-state index contributed by atoms with van der Waals surface area (Å²) >= 11 is 0. The molecule has 1 aromatic rings. The van der Waals surface area contributed by atoms with Gasteiger partial charge in [0.05, 0.1) is 12.1 Å². The van der Waals surface area contributed by atoms with E-state index < -0.39 is 38.7 Å². The zero-order valence-electron chi connectivity index (χ0n) is 10.8. The van der Waals surface area contributed by atoms with Crippen molar-refractivity contribution in [1.82, 2.24) is 4.72 Å². The Morgan fingerprint density at radius 3 is 2.32 bits per heavy atom. The van der Waals surface area contributed by atoms with E-state index in [-0.39, 0.29) is 0 Å². The number of sulfonamides is 1. The standard InChI is InChI=1S/C12H17F2NO3S/c1-3-12(4-2,8-16)15-19(17,18)11-7-9(13)5-6-10(11)14/h5-7,15-16H,3-4,8H2,1-2H3. The van der Waals surface area contributed by atoms with Crippen LogP contribution in [0.1, 0.15) is 26.7 Å². The van der Waals surface area contributed by atoms with Gasteiger partial charge in [-0.2, -0.15) is 0 Å². The van der Waals surface area contributed by atoms with E-state index in [4.69, 9.17) is 0 Å². The molecule has 1 rings (SSSR count). The number of rotatable bonds is 6. The SMILES string of the molecule is CCC(CC)(CO)NS(=O)(=O)c1cc(F)ccc1F. The molecule has 0 aliphatic rings. The minimum atomic E-state index is -4.23. The van der Waals surface area contributed by atoms with E-state index in [0.717, 1.165) is 12.1 Å². The summed E-state index contributed by atoms with van der Waals surface area (Å²) in [7, 11) is -4.23. The highest BCUT2D eigenvalue weighted by Crippen LogP contribution is 2.21. The van der Waals surface area contributed by atoms with Crippen molar-refractivity contribution in [3.63, 3.8) is 0 Å². The first-order chi connectivity index (χ1) is 8.80. The molecule has 0 heterocycles. The van der Waals surface area contributed by atoms with Gasteiger partial charge in [0.2, 0.25) is 10.0 Å². The fourth-order valence-corrected chi connectivity index (χ4v) is 3.30. The average Bonchev–Trinajstić information content (AvgIpc) is 2.39. The summed E-state index contributed by atoms with van der Waals surface area (Å²) in [5, 5.41) is 9.32. The molecular formula is C12H17F2NO3S. The predicted molar refractivity (Wildman–Crippen MR) is 67.1 cm³/mol. The molecule has 108 valence electrons. The van der Waals surface area contributed by atoms with Gasteiger partial charge in [-0.25, -0.2) is 21.9 Å². The smallest absolute Gasteiger partial charge is 0.244 e. The van der Waals surface area contributed by atoms with Crippen LogP contribution >= 0.6 is 0 Å². The predicted octanol–water partition coefficient (Wildman–Crippen LogP) is 1.79. The molecule has 0 bridgehead atoms. The van der Waals surface area contributed by atoms with Crippen molar-refractivity contribution in [2.75, 3.05) is 6.61 Å². The molecule has 0 fully saturated rings. The van der Waals surface area contributed by atoms with Crippen molar-refractivity contribution < 1.29 is 22.3 Å². The van der Waals surface area contributed by atoms with Gasteiger partial charge in [0.15, 0.2) is 0 Å². The fraction of sp³-hybridized carbons (Fsp3) is 0.500. The van der Waals surface area contributed by atoms with Crippen LogP contribution in [0.2, 0.25) is 0 Å². The average molecular weight is 293 g/mol. The summed E-state index contributed by atoms with van der Waals surface area (Å²) < 4.78 is 52.9. The van der Waals surface area contributed by atoms with E-state index in [1.165, 1.54) is 0 Å². The monoisotopic (exact) mass is 293 g/mol. The second-order valence-corrected chi connectivity index (χ2v) is 5.98. The van der Waals surface area contributed by atoms with Gasteiger partial charge in [-0.3, -0.25) is 0 Å². The van der Waals surface area contributed by atoms with Gasteiger partial charge < -0.3 is 5.11 Å². The van der Waals surface area contributed by atoms with Crippen LogP contribution in [-0.2, 0) is 10.0 Å². The van der Waals surface area contributed by atoms with Crippen LogP contribution in [0.3, 0.4) is 0 Å². The Hall–Kier alpha value is -1.05. The first kappa shape index (κ1) is 16.0. The molecule has 0 unspecified atom stereocenters. The van der Waals surface area contributed by atoms with Crippen molar-refractivity contribution in [2.45, 2.75) is 37.1 Å². The Morgan fingerprint density at radius 2 is 1.84 bits per heavy atom. The molecule has 0 amide bonds. The maximum Gasteiger partial charge on any atom is 0.244 e. The van der Waals surface area contributed by atoms with Gasteiger partial charge in [-0.1, -0.05) is 13.8 Å². The molecule has 2 N–H and O–H groups in total. The number of hydrogen-bond acceptors (Lipinski definition) is 3. The molecule has 0 aromatic heterocycles. The van der Waals surface area contributed by atoms with Crippen LogP contribution in [0.25, 0.3) is 0 Å². The maximum absolute atomic E-state index is 13.5. The second-order valence-electron chi connectivity index (χ2n) is 4.33. The number of nitrogens with one attached hydrogen (secondary N) is 1. The Morgan fingerprint density at radius 1 is 1.26 bits per heavy atom. The summed E-state index contributed by atoms with van der Waals surface area (Å²) in [6.07, 6.45) is 0.659. The van der Waals surface area contributed by atoms with Crippen LogP contribution in [-0.4, -0.2) is 25.7 Å². The molecule has 0 spiro atoms. The zero-order valence-corrected chi connectivity index (χ0v) is 11.6. The molecule has 1 aromatic carbocycles. The van der Waals surface area contributed by atoms with Crippen molar-refractivity contribution in [3.8, 4) is 0 Å². The lowest BCUT2D eigenvalue weighted by Gasteiger charge is -2.30. The second kappa shape index (κ2) is 5.94. The van der Waals surface area contributed by atoms with Crippen molar-refractivity contribution in [2.24, 2.45) is 0 Å². The highest BCUT2D eigenvalue weighted by atomic mass is 32.2. The Balaban J connectivity index is 3.21. The third kappa shape index (κ3) is 3.49. The van der Waals surface area contributed by atoms with Crippen molar-refractivity contribution in [1.29, 1.82) is 0 Å². The molecule has 0 atom stereocenters. The maximum atomic E-state index is 13.5. The minimum absolute atomic E-state index is 0.330. The molecular weight excluding hydrogens is 276 g/mol. The van der Waals surface area contributed by atoms with E-state index in [9.17, 15) is 22.3 Å². The number of benzene rings is 1. The van der Waals surface area contributed by atoms with Crippen molar-refractivity contribution >= 4 is 10.0 Å². The van der Waals surface area contributed by atoms with Gasteiger partial charge >= 0.3 is 0 Å². The van der Waals surface area contributed by atoms with Crippen LogP contribution in [0.5, 0.6) is 0 Å². The first-order valence-corrected chi connectivity index (χ1v) is 7.38. The highest BCUT2D eigenvalue weighted by Gasteiger charge is 2.32. The first-order valence-electron chi connectivity index (χ1n) is 5.90. The summed E-state index contributed by atoms with van der Waals surface area (Å²) in [4.78, 5) is -0.757. The summed E-state index contributed by atoms with van der Waals surface area (Å²) in [6.45, 7) is 2.98. The van der Waals surface area contributed by atoms with Gasteiger partial charge in [0, 0.05) is 0 Å². The summed E-state index contributed by atoms with van der Waals surface area (Å²) in [5.41, 5.74) is -1.07. The van der Waals surface area contributed by atoms with Gasteiger partial charge in [-0.05, 0) is 31.0 Å². The molecule has 0 aliphatic heterocycles. The van der Waals surface area contributed by atoms with Crippen LogP contribution in [0.15, 0.2) is 23.1 Å². The quantitative estimate of drug-likeness (QED) is 0.840. The van der Waals surface area contributed by atoms with Gasteiger partial charge in [0.25, 0.3) is 0 Å². The van der Waals surface area contributed by atoms with Crippen LogP contribution in [0.4, 0.5) is 8.78 Å². The highest BCUT2D eigenvalue weighted by molar-refractivity contribution is 7.89. The van der Waals surface area contributed by atoms with Crippen LogP contribution in [0, 0.1) is 11.6 Å². The van der Waals surface area contributed by atoms with Crippen molar-refractivity contribution in [3.05, 3.63) is 29.8 Å². The molecule has 0 aliphatic carbocycles. The molecule has 4 nitrogen and oxygen atoms in total. The molecule has 0 saturated carbocycles. The normalized spacial score (nSPS) is 12.7. The number of hydrogen-bond donors (Lipinski definition) is 2. The Bertz CT molecular complexity index is 534. The van der Waals surface area contributed by atoms with E-state index in [1.807, 2.05) is 0 Å². The van der Waals surface area contributed by atoms with Gasteiger partial charge in [0.1, 0.15) is 16.5 Å². The minimum Gasteiger partial charge on any atom is -0.394 e. The van der Waals surface area contributed by atoms with Gasteiger partial charge in [-0.15, -0.1) is 0 Å². The lowest BCUT2D eigenvalue weighted by Crippen LogP contribution is -2.50. The number of aliphatic hydroxyl groups is 1. The Kier molecular flexibility index (Phi) is 5.00. The Labute approximate surface area is 111 Å². The van der Waals surface area contributed by atoms with Crippen LogP contribution < -0.4 is 4.72 Å². The lowest BCUT2D eigenvalue weighted by molar-refractivity contribution is 0.172. The fourth-order valence-electron chi connectivity index (χ4n) is 1.67. The zero-order chi connectivity index (χ0) is 14.7. The molecule has 19 heavy (non-hydrogen) atoms. The molecule has 0 saturated heterocycles.